The number of hydrogen-bond donors (Lipinski definition) is 2. The van der Waals surface area contributed by atoms with E-state index in [-0.39, 0.29) is 11.9 Å². The number of hydrogen-bond acceptors (Lipinski definition) is 4. The third-order valence-corrected chi connectivity index (χ3v) is 4.85. The van der Waals surface area contributed by atoms with Gasteiger partial charge in [-0.15, -0.1) is 0 Å². The molecule has 1 aromatic heterocycles. The molecule has 1 aliphatic rings. The quantitative estimate of drug-likeness (QED) is 0.537. The lowest BCUT2D eigenvalue weighted by atomic mass is 10.0. The first kappa shape index (κ1) is 21.4. The van der Waals surface area contributed by atoms with Gasteiger partial charge >= 0.3 is 0 Å². The number of guanidine groups is 1. The Labute approximate surface area is 163 Å². The Bertz CT molecular complexity index is 604. The normalized spacial score (nSPS) is 19.0. The van der Waals surface area contributed by atoms with Gasteiger partial charge < -0.3 is 20.4 Å². The third kappa shape index (κ3) is 6.65. The summed E-state index contributed by atoms with van der Waals surface area (Å²) in [4.78, 5) is 13.2. The number of aromatic nitrogens is 1. The van der Waals surface area contributed by atoms with E-state index in [1.54, 1.807) is 12.3 Å². The van der Waals surface area contributed by atoms with Gasteiger partial charge in [-0.05, 0) is 51.9 Å². The van der Waals surface area contributed by atoms with Crippen molar-refractivity contribution in [2.24, 2.45) is 10.9 Å². The minimum Gasteiger partial charge on any atom is -0.357 e. The Kier molecular flexibility index (Phi) is 8.28. The van der Waals surface area contributed by atoms with Crippen LogP contribution in [0, 0.1) is 11.7 Å². The maximum atomic E-state index is 14.0. The number of nitrogens with one attached hydrogen (secondary N) is 2. The van der Waals surface area contributed by atoms with Gasteiger partial charge in [0.2, 0.25) is 0 Å². The Morgan fingerprint density at radius 2 is 2.22 bits per heavy atom. The Morgan fingerprint density at radius 3 is 2.85 bits per heavy atom. The van der Waals surface area contributed by atoms with Crippen LogP contribution in [-0.4, -0.2) is 68.2 Å². The van der Waals surface area contributed by atoms with Gasteiger partial charge in [0.15, 0.2) is 17.6 Å². The minimum absolute atomic E-state index is 0.229. The number of rotatable bonds is 8. The van der Waals surface area contributed by atoms with Gasteiger partial charge in [0.1, 0.15) is 0 Å². The van der Waals surface area contributed by atoms with Gasteiger partial charge in [-0.2, -0.15) is 0 Å². The average Bonchev–Trinajstić information content (AvgIpc) is 3.06. The second kappa shape index (κ2) is 10.4. The standard InChI is InChI=1S/C20H35FN6/c1-6-22-20(24-13-17(26(4)5)12-15(2)3)25-16-9-11-27(14-16)19-18(21)8-7-10-23-19/h7-8,10,15-17H,6,9,11-14H2,1-5H3,(H2,22,24,25). The maximum Gasteiger partial charge on any atom is 0.191 e. The first-order valence-electron chi connectivity index (χ1n) is 9.97. The van der Waals surface area contributed by atoms with E-state index in [0.29, 0.717) is 17.8 Å². The lowest BCUT2D eigenvalue weighted by molar-refractivity contribution is 0.261. The van der Waals surface area contributed by atoms with Crippen LogP contribution in [0.25, 0.3) is 0 Å². The second-order valence-electron chi connectivity index (χ2n) is 7.85. The van der Waals surface area contributed by atoms with E-state index in [0.717, 1.165) is 45.0 Å². The van der Waals surface area contributed by atoms with Gasteiger partial charge in [-0.1, -0.05) is 13.8 Å². The van der Waals surface area contributed by atoms with E-state index >= 15 is 0 Å². The topological polar surface area (TPSA) is 55.8 Å². The summed E-state index contributed by atoms with van der Waals surface area (Å²) in [6, 6.07) is 3.74. The monoisotopic (exact) mass is 378 g/mol. The number of pyridine rings is 1. The Hall–Kier alpha value is -1.89. The molecule has 7 heteroatoms. The molecule has 0 saturated carbocycles. The summed E-state index contributed by atoms with van der Waals surface area (Å²) in [5.74, 6) is 1.65. The first-order valence-corrected chi connectivity index (χ1v) is 9.97. The molecule has 0 aliphatic carbocycles. The van der Waals surface area contributed by atoms with Crippen molar-refractivity contribution in [3.8, 4) is 0 Å². The number of likely N-dealkylation sites (N-methyl/N-ethyl adjacent to an activating group) is 1. The fourth-order valence-electron chi connectivity index (χ4n) is 3.38. The van der Waals surface area contributed by atoms with E-state index in [1.165, 1.54) is 6.07 Å². The molecule has 1 saturated heterocycles. The van der Waals surface area contributed by atoms with Crippen molar-refractivity contribution in [2.75, 3.05) is 45.2 Å². The van der Waals surface area contributed by atoms with Gasteiger partial charge in [-0.25, -0.2) is 9.37 Å². The maximum absolute atomic E-state index is 14.0. The summed E-state index contributed by atoms with van der Waals surface area (Å²) in [5, 5.41) is 6.85. The van der Waals surface area contributed by atoms with Crippen molar-refractivity contribution in [1.29, 1.82) is 0 Å². The minimum atomic E-state index is -0.263. The Balaban J connectivity index is 1.96. The molecule has 0 amide bonds. The van der Waals surface area contributed by atoms with Crippen molar-refractivity contribution < 1.29 is 4.39 Å². The average molecular weight is 379 g/mol. The fourth-order valence-corrected chi connectivity index (χ4v) is 3.38. The van der Waals surface area contributed by atoms with E-state index in [1.807, 2.05) is 4.90 Å². The molecule has 2 heterocycles. The molecule has 0 radical (unpaired) electrons. The van der Waals surface area contributed by atoms with E-state index in [4.69, 9.17) is 4.99 Å². The summed E-state index contributed by atoms with van der Waals surface area (Å²) in [6.07, 6.45) is 3.69. The van der Waals surface area contributed by atoms with E-state index in [9.17, 15) is 4.39 Å². The highest BCUT2D eigenvalue weighted by atomic mass is 19.1. The van der Waals surface area contributed by atoms with Crippen molar-refractivity contribution in [1.82, 2.24) is 20.5 Å². The SMILES string of the molecule is CCNC(=NCC(CC(C)C)N(C)C)NC1CCN(c2ncccc2F)C1. The molecule has 1 aliphatic heterocycles. The van der Waals surface area contributed by atoms with Crippen LogP contribution in [0.5, 0.6) is 0 Å². The summed E-state index contributed by atoms with van der Waals surface area (Å²) >= 11 is 0. The van der Waals surface area contributed by atoms with Crippen molar-refractivity contribution in [2.45, 2.75) is 45.7 Å². The molecule has 0 spiro atoms. The zero-order valence-corrected chi connectivity index (χ0v) is 17.4. The zero-order valence-electron chi connectivity index (χ0n) is 17.4. The molecule has 152 valence electrons. The van der Waals surface area contributed by atoms with Crippen molar-refractivity contribution in [3.63, 3.8) is 0 Å². The predicted molar refractivity (Wildman–Crippen MR) is 111 cm³/mol. The van der Waals surface area contributed by atoms with E-state index < -0.39 is 0 Å². The molecule has 6 nitrogen and oxygen atoms in total. The number of nitrogens with zero attached hydrogens (tertiary/aromatic N) is 4. The molecular weight excluding hydrogens is 343 g/mol. The molecule has 2 atom stereocenters. The molecule has 1 aromatic rings. The van der Waals surface area contributed by atoms with Gasteiger partial charge in [0.05, 0.1) is 6.54 Å². The van der Waals surface area contributed by atoms with Crippen LogP contribution in [0.4, 0.5) is 10.2 Å². The molecule has 0 aromatic carbocycles. The molecule has 0 bridgehead atoms. The lowest BCUT2D eigenvalue weighted by Gasteiger charge is -2.25. The van der Waals surface area contributed by atoms with Gasteiger partial charge in [0, 0.05) is 37.9 Å². The fraction of sp³-hybridized carbons (Fsp3) is 0.700. The number of halogens is 1. The zero-order chi connectivity index (χ0) is 19.8. The lowest BCUT2D eigenvalue weighted by Crippen LogP contribution is -2.45. The van der Waals surface area contributed by atoms with Crippen LogP contribution in [-0.2, 0) is 0 Å². The summed E-state index contributed by atoms with van der Waals surface area (Å²) < 4.78 is 14.0. The highest BCUT2D eigenvalue weighted by molar-refractivity contribution is 5.80. The summed E-state index contributed by atoms with van der Waals surface area (Å²) in [7, 11) is 4.22. The first-order chi connectivity index (χ1) is 12.9. The molecule has 27 heavy (non-hydrogen) atoms. The summed E-state index contributed by atoms with van der Waals surface area (Å²) in [6.45, 7) is 9.64. The molecule has 2 rings (SSSR count). The van der Waals surface area contributed by atoms with Crippen LogP contribution in [0.2, 0.25) is 0 Å². The number of aliphatic imine (C=N–C) groups is 1. The van der Waals surface area contributed by atoms with Crippen molar-refractivity contribution in [3.05, 3.63) is 24.1 Å². The third-order valence-electron chi connectivity index (χ3n) is 4.85. The molecular formula is C20H35FN6. The second-order valence-corrected chi connectivity index (χ2v) is 7.85. The molecule has 2 N–H and O–H groups in total. The molecule has 1 fully saturated rings. The largest absolute Gasteiger partial charge is 0.357 e. The Morgan fingerprint density at radius 1 is 1.44 bits per heavy atom. The highest BCUT2D eigenvalue weighted by Crippen LogP contribution is 2.20. The van der Waals surface area contributed by atoms with Crippen LogP contribution in [0.15, 0.2) is 23.3 Å². The van der Waals surface area contributed by atoms with Gasteiger partial charge in [0.25, 0.3) is 0 Å². The van der Waals surface area contributed by atoms with Crippen molar-refractivity contribution >= 4 is 11.8 Å². The summed E-state index contributed by atoms with van der Waals surface area (Å²) in [5.41, 5.74) is 0. The smallest absolute Gasteiger partial charge is 0.191 e. The number of anilines is 1. The highest BCUT2D eigenvalue weighted by Gasteiger charge is 2.26. The van der Waals surface area contributed by atoms with E-state index in [2.05, 4.69) is 55.4 Å². The van der Waals surface area contributed by atoms with Crippen LogP contribution >= 0.6 is 0 Å². The van der Waals surface area contributed by atoms with Crippen LogP contribution in [0.3, 0.4) is 0 Å². The predicted octanol–water partition coefficient (Wildman–Crippen LogP) is 2.33. The molecule has 2 unspecified atom stereocenters. The van der Waals surface area contributed by atoms with Crippen LogP contribution in [0.1, 0.15) is 33.6 Å². The van der Waals surface area contributed by atoms with Crippen LogP contribution < -0.4 is 15.5 Å². The van der Waals surface area contributed by atoms with Gasteiger partial charge in [-0.3, -0.25) is 4.99 Å².